The monoisotopic (exact) mass is 249 g/mol. The van der Waals surface area contributed by atoms with E-state index in [4.69, 9.17) is 9.84 Å². The molecule has 0 spiro atoms. The van der Waals surface area contributed by atoms with Crippen molar-refractivity contribution in [2.75, 3.05) is 12.4 Å². The number of aliphatic hydroxyl groups excluding tert-OH is 1. The molecule has 0 aromatic carbocycles. The Kier molecular flexibility index (Phi) is 6.83. The zero-order chi connectivity index (χ0) is 12.8. The number of amides is 1. The molecule has 0 rings (SSSR count). The van der Waals surface area contributed by atoms with Crippen molar-refractivity contribution in [2.45, 2.75) is 51.5 Å². The van der Waals surface area contributed by atoms with E-state index in [0.29, 0.717) is 11.0 Å². The van der Waals surface area contributed by atoms with Gasteiger partial charge in [0.15, 0.2) is 0 Å². The highest BCUT2D eigenvalue weighted by Crippen LogP contribution is 2.11. The summed E-state index contributed by atoms with van der Waals surface area (Å²) < 4.78 is 5.11. The van der Waals surface area contributed by atoms with Crippen LogP contribution in [0.4, 0.5) is 4.79 Å². The van der Waals surface area contributed by atoms with Gasteiger partial charge >= 0.3 is 6.09 Å². The van der Waals surface area contributed by atoms with Gasteiger partial charge in [0.1, 0.15) is 5.60 Å². The summed E-state index contributed by atoms with van der Waals surface area (Å²) in [7, 11) is 0. The fourth-order valence-corrected chi connectivity index (χ4v) is 1.73. The minimum absolute atomic E-state index is 0.0705. The molecule has 4 nitrogen and oxygen atoms in total. The van der Waals surface area contributed by atoms with E-state index < -0.39 is 11.7 Å². The summed E-state index contributed by atoms with van der Waals surface area (Å²) in [6, 6.07) is -0.248. The van der Waals surface area contributed by atoms with Crippen LogP contribution in [0.1, 0.15) is 34.6 Å². The third-order valence-electron chi connectivity index (χ3n) is 1.57. The van der Waals surface area contributed by atoms with E-state index >= 15 is 0 Å². The minimum Gasteiger partial charge on any atom is -0.444 e. The molecular formula is C11H23NO3S. The highest BCUT2D eigenvalue weighted by atomic mass is 32.2. The molecule has 0 saturated carbocycles. The summed E-state index contributed by atoms with van der Waals surface area (Å²) in [6.07, 6.45) is -0.476. The number of carbonyl (C=O) groups excluding carboxylic acids is 1. The van der Waals surface area contributed by atoms with Crippen molar-refractivity contribution in [2.24, 2.45) is 0 Å². The molecule has 2 N–H and O–H groups in total. The molecule has 0 aliphatic carbocycles. The predicted octanol–water partition coefficient (Wildman–Crippen LogP) is 2.01. The van der Waals surface area contributed by atoms with Gasteiger partial charge in [-0.25, -0.2) is 4.79 Å². The molecule has 5 heteroatoms. The van der Waals surface area contributed by atoms with Crippen LogP contribution in [0.25, 0.3) is 0 Å². The smallest absolute Gasteiger partial charge is 0.407 e. The second kappa shape index (κ2) is 7.01. The number of rotatable bonds is 5. The lowest BCUT2D eigenvalue weighted by atomic mass is 10.2. The highest BCUT2D eigenvalue weighted by molar-refractivity contribution is 7.99. The predicted molar refractivity (Wildman–Crippen MR) is 67.8 cm³/mol. The average molecular weight is 249 g/mol. The lowest BCUT2D eigenvalue weighted by Gasteiger charge is -2.23. The van der Waals surface area contributed by atoms with Crippen LogP contribution in [0.15, 0.2) is 0 Å². The Hall–Kier alpha value is -0.420. The van der Waals surface area contributed by atoms with Gasteiger partial charge in [-0.2, -0.15) is 11.8 Å². The topological polar surface area (TPSA) is 58.6 Å². The van der Waals surface area contributed by atoms with Crippen molar-refractivity contribution in [1.29, 1.82) is 0 Å². The summed E-state index contributed by atoms with van der Waals surface area (Å²) in [5.41, 5.74) is -0.505. The van der Waals surface area contributed by atoms with E-state index in [0.717, 1.165) is 0 Å². The van der Waals surface area contributed by atoms with Crippen LogP contribution in [-0.4, -0.2) is 40.5 Å². The maximum absolute atomic E-state index is 11.4. The Labute approximate surface area is 102 Å². The minimum atomic E-state index is -0.505. The van der Waals surface area contributed by atoms with Crippen molar-refractivity contribution in [3.63, 3.8) is 0 Å². The molecule has 0 aromatic rings. The third kappa shape index (κ3) is 8.85. The molecule has 0 radical (unpaired) electrons. The van der Waals surface area contributed by atoms with Crippen LogP contribution in [0, 0.1) is 0 Å². The van der Waals surface area contributed by atoms with Crippen LogP contribution in [-0.2, 0) is 4.74 Å². The number of nitrogens with one attached hydrogen (secondary N) is 1. The molecule has 0 fully saturated rings. The number of thioether (sulfide) groups is 1. The van der Waals surface area contributed by atoms with Gasteiger partial charge in [0.2, 0.25) is 0 Å². The molecule has 0 aromatic heterocycles. The first-order chi connectivity index (χ1) is 7.24. The SMILES string of the molecule is CC(C)SC[C@H](CO)NC(=O)OC(C)(C)C. The quantitative estimate of drug-likeness (QED) is 0.782. The third-order valence-corrected chi connectivity index (χ3v) is 2.83. The van der Waals surface area contributed by atoms with E-state index in [1.165, 1.54) is 0 Å². The van der Waals surface area contributed by atoms with Gasteiger partial charge in [-0.1, -0.05) is 13.8 Å². The molecule has 0 aliphatic rings. The van der Waals surface area contributed by atoms with Crippen molar-refractivity contribution < 1.29 is 14.6 Å². The molecule has 1 atom stereocenters. The van der Waals surface area contributed by atoms with Gasteiger partial charge in [-0.15, -0.1) is 0 Å². The molecule has 96 valence electrons. The Morgan fingerprint density at radius 2 is 2.00 bits per heavy atom. The fraction of sp³-hybridized carbons (Fsp3) is 0.909. The summed E-state index contributed by atoms with van der Waals surface area (Å²) in [6.45, 7) is 9.51. The lowest BCUT2D eigenvalue weighted by molar-refractivity contribution is 0.0491. The Balaban J connectivity index is 3.97. The zero-order valence-electron chi connectivity index (χ0n) is 10.7. The maximum atomic E-state index is 11.4. The number of carbonyl (C=O) groups is 1. The molecule has 0 unspecified atom stereocenters. The van der Waals surface area contributed by atoms with E-state index in [-0.39, 0.29) is 12.6 Å². The standard InChI is InChI=1S/C11H23NO3S/c1-8(2)16-7-9(6-13)12-10(14)15-11(3,4)5/h8-9,13H,6-7H2,1-5H3,(H,12,14)/t9-/m0/s1. The zero-order valence-corrected chi connectivity index (χ0v) is 11.6. The number of alkyl carbamates (subject to hydrolysis) is 1. The second-order valence-corrected chi connectivity index (χ2v) is 6.52. The molecule has 0 bridgehead atoms. The number of hydrogen-bond donors (Lipinski definition) is 2. The Bertz CT molecular complexity index is 214. The van der Waals surface area contributed by atoms with Crippen LogP contribution >= 0.6 is 11.8 Å². The van der Waals surface area contributed by atoms with E-state index in [1.807, 2.05) is 20.8 Å². The lowest BCUT2D eigenvalue weighted by Crippen LogP contribution is -2.42. The Morgan fingerprint density at radius 3 is 2.38 bits per heavy atom. The van der Waals surface area contributed by atoms with Crippen LogP contribution in [0.2, 0.25) is 0 Å². The van der Waals surface area contributed by atoms with E-state index in [2.05, 4.69) is 19.2 Å². The summed E-state index contributed by atoms with van der Waals surface area (Å²) >= 11 is 1.69. The van der Waals surface area contributed by atoms with Gasteiger partial charge in [0.25, 0.3) is 0 Å². The van der Waals surface area contributed by atoms with Gasteiger partial charge < -0.3 is 15.2 Å². The van der Waals surface area contributed by atoms with Crippen molar-refractivity contribution in [3.8, 4) is 0 Å². The summed E-state index contributed by atoms with van der Waals surface area (Å²) in [5, 5.41) is 12.2. The van der Waals surface area contributed by atoms with Crippen molar-refractivity contribution in [3.05, 3.63) is 0 Å². The van der Waals surface area contributed by atoms with Crippen LogP contribution in [0.3, 0.4) is 0 Å². The average Bonchev–Trinajstić information content (AvgIpc) is 2.08. The van der Waals surface area contributed by atoms with Crippen molar-refractivity contribution >= 4 is 17.9 Å². The number of hydrogen-bond acceptors (Lipinski definition) is 4. The highest BCUT2D eigenvalue weighted by Gasteiger charge is 2.19. The summed E-state index contributed by atoms with van der Waals surface area (Å²) in [4.78, 5) is 11.4. The largest absolute Gasteiger partial charge is 0.444 e. The molecule has 0 heterocycles. The van der Waals surface area contributed by atoms with Crippen LogP contribution in [0.5, 0.6) is 0 Å². The molecule has 1 amide bonds. The molecule has 0 aliphatic heterocycles. The van der Waals surface area contributed by atoms with Crippen LogP contribution < -0.4 is 5.32 Å². The normalized spacial score (nSPS) is 13.7. The van der Waals surface area contributed by atoms with Gasteiger partial charge in [-0.05, 0) is 26.0 Å². The maximum Gasteiger partial charge on any atom is 0.407 e. The molecular weight excluding hydrogens is 226 g/mol. The van der Waals surface area contributed by atoms with E-state index in [1.54, 1.807) is 11.8 Å². The van der Waals surface area contributed by atoms with Gasteiger partial charge in [0.05, 0.1) is 12.6 Å². The first-order valence-corrected chi connectivity index (χ1v) is 6.51. The first kappa shape index (κ1) is 15.6. The first-order valence-electron chi connectivity index (χ1n) is 5.46. The molecule has 0 saturated heterocycles. The molecule has 16 heavy (non-hydrogen) atoms. The number of aliphatic hydroxyl groups is 1. The van der Waals surface area contributed by atoms with Crippen molar-refractivity contribution in [1.82, 2.24) is 5.32 Å². The summed E-state index contributed by atoms with van der Waals surface area (Å²) in [5.74, 6) is 0.688. The Morgan fingerprint density at radius 1 is 1.44 bits per heavy atom. The second-order valence-electron chi connectivity index (χ2n) is 4.91. The number of ether oxygens (including phenoxy) is 1. The van der Waals surface area contributed by atoms with E-state index in [9.17, 15) is 4.79 Å². The fourth-order valence-electron chi connectivity index (χ4n) is 0.923. The van der Waals surface area contributed by atoms with Gasteiger partial charge in [-0.3, -0.25) is 0 Å². The van der Waals surface area contributed by atoms with Gasteiger partial charge in [0, 0.05) is 5.75 Å².